The van der Waals surface area contributed by atoms with Gasteiger partial charge in [0.2, 0.25) is 5.95 Å². The Kier molecular flexibility index (Phi) is 6.98. The van der Waals surface area contributed by atoms with Crippen LogP contribution in [0.5, 0.6) is 0 Å². The van der Waals surface area contributed by atoms with E-state index in [0.29, 0.717) is 22.4 Å². The van der Waals surface area contributed by atoms with Crippen molar-refractivity contribution in [2.75, 3.05) is 30.3 Å². The number of morpholine rings is 1. The van der Waals surface area contributed by atoms with Crippen LogP contribution in [-0.2, 0) is 17.6 Å². The van der Waals surface area contributed by atoms with Gasteiger partial charge in [-0.3, -0.25) is 9.88 Å². The first-order chi connectivity index (χ1) is 16.8. The van der Waals surface area contributed by atoms with Crippen molar-refractivity contribution in [2.24, 2.45) is 0 Å². The van der Waals surface area contributed by atoms with Gasteiger partial charge in [-0.2, -0.15) is 0 Å². The zero-order chi connectivity index (χ0) is 24.5. The van der Waals surface area contributed by atoms with Crippen molar-refractivity contribution in [3.8, 4) is 11.3 Å². The van der Waals surface area contributed by atoms with E-state index in [-0.39, 0.29) is 12.2 Å². The summed E-state index contributed by atoms with van der Waals surface area (Å²) < 4.78 is 5.86. The maximum absolute atomic E-state index is 6.22. The number of hydrogen-bond donors (Lipinski definition) is 2. The Labute approximate surface area is 216 Å². The summed E-state index contributed by atoms with van der Waals surface area (Å²) in [5, 5.41) is 7.32. The zero-order valence-corrected chi connectivity index (χ0v) is 21.7. The SMILES string of the molecule is Cc1ncc(CCN2CC(C)O[C@H](C)C2)cc1Nc1ncc2c(n1)-c1ccc(Cl)cc1NC(=S)C2. The summed E-state index contributed by atoms with van der Waals surface area (Å²) in [5.41, 5.74) is 6.62. The third-order valence-corrected chi connectivity index (χ3v) is 6.81. The van der Waals surface area contributed by atoms with E-state index < -0.39 is 0 Å². The first-order valence-corrected chi connectivity index (χ1v) is 12.7. The molecule has 7 nitrogen and oxygen atoms in total. The van der Waals surface area contributed by atoms with Crippen molar-refractivity contribution in [3.63, 3.8) is 0 Å². The quantitative estimate of drug-likeness (QED) is 0.456. The van der Waals surface area contributed by atoms with E-state index in [9.17, 15) is 0 Å². The number of ether oxygens (including phenoxy) is 1. The fraction of sp³-hybridized carbons (Fsp3) is 0.385. The zero-order valence-electron chi connectivity index (χ0n) is 20.1. The normalized spacial score (nSPS) is 19.9. The van der Waals surface area contributed by atoms with E-state index in [2.05, 4.69) is 45.4 Å². The van der Waals surface area contributed by atoms with Crippen LogP contribution < -0.4 is 10.6 Å². The van der Waals surface area contributed by atoms with Gasteiger partial charge in [0.05, 0.1) is 34.3 Å². The number of thiocarbonyl (C=S) groups is 1. The lowest BCUT2D eigenvalue weighted by Crippen LogP contribution is -2.46. The Morgan fingerprint density at radius 1 is 1.17 bits per heavy atom. The third kappa shape index (κ3) is 5.62. The number of pyridine rings is 1. The summed E-state index contributed by atoms with van der Waals surface area (Å²) in [5.74, 6) is 0.523. The van der Waals surface area contributed by atoms with E-state index >= 15 is 0 Å². The second-order valence-corrected chi connectivity index (χ2v) is 10.3. The largest absolute Gasteiger partial charge is 0.373 e. The van der Waals surface area contributed by atoms with Crippen LogP contribution in [-0.4, -0.2) is 56.7 Å². The number of rotatable bonds is 5. The van der Waals surface area contributed by atoms with E-state index in [4.69, 9.17) is 33.5 Å². The Morgan fingerprint density at radius 2 is 1.97 bits per heavy atom. The molecule has 1 fully saturated rings. The molecule has 5 rings (SSSR count). The monoisotopic (exact) mass is 508 g/mol. The van der Waals surface area contributed by atoms with Gasteiger partial charge in [0.15, 0.2) is 0 Å². The van der Waals surface area contributed by atoms with Gasteiger partial charge in [-0.25, -0.2) is 9.97 Å². The fourth-order valence-electron chi connectivity index (χ4n) is 4.74. The van der Waals surface area contributed by atoms with E-state index in [0.717, 1.165) is 59.9 Å². The van der Waals surface area contributed by atoms with E-state index in [1.54, 1.807) is 0 Å². The molecule has 0 bridgehead atoms. The average Bonchev–Trinajstić information content (AvgIpc) is 2.93. The Hall–Kier alpha value is -2.65. The number of hydrogen-bond acceptors (Lipinski definition) is 7. The van der Waals surface area contributed by atoms with Crippen molar-refractivity contribution in [1.82, 2.24) is 19.9 Å². The lowest BCUT2D eigenvalue weighted by molar-refractivity contribution is -0.0675. The smallest absolute Gasteiger partial charge is 0.227 e. The summed E-state index contributed by atoms with van der Waals surface area (Å²) in [4.78, 5) is 17.2. The minimum atomic E-state index is 0.267. The van der Waals surface area contributed by atoms with Crippen LogP contribution in [0.1, 0.15) is 30.7 Å². The van der Waals surface area contributed by atoms with Gasteiger partial charge in [-0.05, 0) is 57.0 Å². The molecule has 1 unspecified atom stereocenters. The van der Waals surface area contributed by atoms with E-state index in [1.807, 2.05) is 37.5 Å². The summed E-state index contributed by atoms with van der Waals surface area (Å²) in [6, 6.07) is 7.86. The van der Waals surface area contributed by atoms with Gasteiger partial charge in [0.25, 0.3) is 0 Å². The summed E-state index contributed by atoms with van der Waals surface area (Å²) in [7, 11) is 0. The average molecular weight is 509 g/mol. The second-order valence-electron chi connectivity index (χ2n) is 9.35. The maximum atomic E-state index is 6.22. The number of aryl methyl sites for hydroxylation is 1. The van der Waals surface area contributed by atoms with Gasteiger partial charge in [-0.15, -0.1) is 0 Å². The molecule has 4 heterocycles. The minimum Gasteiger partial charge on any atom is -0.373 e. The molecule has 2 atom stereocenters. The highest BCUT2D eigenvalue weighted by molar-refractivity contribution is 7.80. The molecule has 0 aliphatic carbocycles. The topological polar surface area (TPSA) is 75.2 Å². The molecule has 0 amide bonds. The molecule has 1 saturated heterocycles. The molecule has 9 heteroatoms. The predicted octanol–water partition coefficient (Wildman–Crippen LogP) is 5.19. The highest BCUT2D eigenvalue weighted by Crippen LogP contribution is 2.35. The fourth-order valence-corrected chi connectivity index (χ4v) is 5.18. The second kappa shape index (κ2) is 10.1. The van der Waals surface area contributed by atoms with Crippen LogP contribution in [0, 0.1) is 6.92 Å². The molecule has 2 aliphatic rings. The molecule has 182 valence electrons. The van der Waals surface area contributed by atoms with Crippen LogP contribution in [0.4, 0.5) is 17.3 Å². The van der Waals surface area contributed by atoms with Crippen molar-refractivity contribution in [3.05, 3.63) is 58.5 Å². The highest BCUT2D eigenvalue weighted by atomic mass is 35.5. The van der Waals surface area contributed by atoms with Crippen molar-refractivity contribution in [2.45, 2.75) is 45.8 Å². The maximum Gasteiger partial charge on any atom is 0.227 e. The van der Waals surface area contributed by atoms with Crippen LogP contribution in [0.25, 0.3) is 11.3 Å². The molecule has 0 spiro atoms. The molecular weight excluding hydrogens is 480 g/mol. The van der Waals surface area contributed by atoms with Gasteiger partial charge >= 0.3 is 0 Å². The Balaban J connectivity index is 1.36. The van der Waals surface area contributed by atoms with Gasteiger partial charge in [-0.1, -0.05) is 23.8 Å². The number of aromatic nitrogens is 3. The number of halogens is 1. The molecule has 35 heavy (non-hydrogen) atoms. The molecule has 2 N–H and O–H groups in total. The highest BCUT2D eigenvalue weighted by Gasteiger charge is 2.22. The first kappa shape index (κ1) is 24.1. The van der Waals surface area contributed by atoms with Crippen molar-refractivity contribution in [1.29, 1.82) is 0 Å². The predicted molar refractivity (Wildman–Crippen MR) is 145 cm³/mol. The Morgan fingerprint density at radius 3 is 2.77 bits per heavy atom. The van der Waals surface area contributed by atoms with E-state index in [1.165, 1.54) is 5.56 Å². The standard InChI is InChI=1S/C26H29ClN6OS/c1-15-13-33(14-16(2)34-15)7-6-18-8-22(17(3)28-11-18)31-26-29-12-19-9-24(35)30-23-10-20(27)4-5-21(23)25(19)32-26/h4-5,8,10-12,15-16H,6-7,9,13-14H2,1-3H3,(H,30,35)(H,29,31,32)/t15-,16?/m1/s1. The van der Waals surface area contributed by atoms with Gasteiger partial charge < -0.3 is 15.4 Å². The molecule has 3 aromatic rings. The van der Waals surface area contributed by atoms with Crippen molar-refractivity contribution < 1.29 is 4.74 Å². The summed E-state index contributed by atoms with van der Waals surface area (Å²) >= 11 is 11.7. The lowest BCUT2D eigenvalue weighted by Gasteiger charge is -2.35. The molecule has 0 saturated carbocycles. The van der Waals surface area contributed by atoms with Crippen LogP contribution >= 0.6 is 23.8 Å². The minimum absolute atomic E-state index is 0.267. The molecule has 2 aromatic heterocycles. The van der Waals surface area contributed by atoms with Crippen molar-refractivity contribution >= 4 is 46.1 Å². The Bertz CT molecular complexity index is 1260. The number of benzene rings is 1. The number of anilines is 3. The lowest BCUT2D eigenvalue weighted by atomic mass is 10.1. The van der Waals surface area contributed by atoms with Crippen LogP contribution in [0.2, 0.25) is 5.02 Å². The summed E-state index contributed by atoms with van der Waals surface area (Å²) in [6.07, 6.45) is 5.83. The van der Waals surface area contributed by atoms with Gasteiger partial charge in [0, 0.05) is 60.3 Å². The molecule has 1 aromatic carbocycles. The first-order valence-electron chi connectivity index (χ1n) is 11.9. The molecule has 2 aliphatic heterocycles. The molecule has 0 radical (unpaired) electrons. The van der Waals surface area contributed by atoms with Gasteiger partial charge in [0.1, 0.15) is 0 Å². The summed E-state index contributed by atoms with van der Waals surface area (Å²) in [6.45, 7) is 9.15. The third-order valence-electron chi connectivity index (χ3n) is 6.33. The van der Waals surface area contributed by atoms with Crippen LogP contribution in [0.15, 0.2) is 36.7 Å². The number of nitrogens with one attached hydrogen (secondary N) is 2. The number of fused-ring (bicyclic) bond motifs is 3. The molecular formula is C26H29ClN6OS. The number of nitrogens with zero attached hydrogens (tertiary/aromatic N) is 4. The van der Waals surface area contributed by atoms with Crippen LogP contribution in [0.3, 0.4) is 0 Å².